The van der Waals surface area contributed by atoms with Gasteiger partial charge < -0.3 is 10.2 Å². The van der Waals surface area contributed by atoms with E-state index in [1.54, 1.807) is 12.1 Å². The van der Waals surface area contributed by atoms with E-state index >= 15 is 0 Å². The average molecular weight is 341 g/mol. The van der Waals surface area contributed by atoms with Crippen molar-refractivity contribution in [3.63, 3.8) is 0 Å². The zero-order valence-corrected chi connectivity index (χ0v) is 16.9. The summed E-state index contributed by atoms with van der Waals surface area (Å²) in [4.78, 5) is 0. The second-order valence-electron chi connectivity index (χ2n) is 9.55. The van der Waals surface area contributed by atoms with Gasteiger partial charge in [-0.3, -0.25) is 0 Å². The zero-order chi connectivity index (χ0) is 19.2. The molecule has 0 spiro atoms. The quantitative estimate of drug-likeness (QED) is 0.702. The highest BCUT2D eigenvalue weighted by Gasteiger charge is 2.35. The maximum absolute atomic E-state index is 10.7. The molecule has 0 aliphatic carbocycles. The Labute approximate surface area is 152 Å². The van der Waals surface area contributed by atoms with Crippen molar-refractivity contribution in [1.82, 2.24) is 0 Å². The van der Waals surface area contributed by atoms with E-state index in [1.165, 1.54) is 11.1 Å². The van der Waals surface area contributed by atoms with Gasteiger partial charge in [0, 0.05) is 11.0 Å². The van der Waals surface area contributed by atoms with E-state index in [1.807, 2.05) is 18.2 Å². The van der Waals surface area contributed by atoms with E-state index in [0.29, 0.717) is 5.75 Å². The van der Waals surface area contributed by atoms with Gasteiger partial charge in [0.1, 0.15) is 11.5 Å². The summed E-state index contributed by atoms with van der Waals surface area (Å²) < 4.78 is 0. The molecular formula is C23H32O2. The minimum atomic E-state index is -0.246. The van der Waals surface area contributed by atoms with Crippen LogP contribution >= 0.6 is 0 Å². The number of benzene rings is 2. The summed E-state index contributed by atoms with van der Waals surface area (Å²) in [5, 5.41) is 20.3. The summed E-state index contributed by atoms with van der Waals surface area (Å²) in [6.07, 6.45) is 0. The zero-order valence-electron chi connectivity index (χ0n) is 16.9. The molecular weight excluding hydrogens is 308 g/mol. The fraction of sp³-hybridized carbons (Fsp3) is 0.478. The van der Waals surface area contributed by atoms with Crippen LogP contribution in [0.5, 0.6) is 11.5 Å². The molecule has 0 unspecified atom stereocenters. The predicted octanol–water partition coefficient (Wildman–Crippen LogP) is 6.02. The van der Waals surface area contributed by atoms with Gasteiger partial charge in [0.05, 0.1) is 0 Å². The molecule has 0 bridgehead atoms. The van der Waals surface area contributed by atoms with Gasteiger partial charge >= 0.3 is 0 Å². The molecule has 2 aromatic carbocycles. The van der Waals surface area contributed by atoms with E-state index in [-0.39, 0.29) is 22.0 Å². The standard InChI is InChI=1S/C23H32O2/c1-21(2,3)19-17(13-14-18(25)20(19)22(4,5)6)23(7,8)15-9-11-16(24)12-10-15/h9-14,24-25H,1-8H3. The van der Waals surface area contributed by atoms with E-state index in [0.717, 1.165) is 11.1 Å². The van der Waals surface area contributed by atoms with E-state index < -0.39 is 0 Å². The molecule has 0 aliphatic rings. The van der Waals surface area contributed by atoms with Crippen LogP contribution in [0.15, 0.2) is 36.4 Å². The molecule has 2 aromatic rings. The van der Waals surface area contributed by atoms with Gasteiger partial charge in [-0.05, 0) is 45.7 Å². The summed E-state index contributed by atoms with van der Waals surface area (Å²) in [5.41, 5.74) is 4.07. The maximum atomic E-state index is 10.7. The number of hydrogen-bond acceptors (Lipinski definition) is 2. The Hall–Kier alpha value is -1.96. The molecule has 25 heavy (non-hydrogen) atoms. The van der Waals surface area contributed by atoms with E-state index in [9.17, 15) is 10.2 Å². The molecule has 2 nitrogen and oxygen atoms in total. The highest BCUT2D eigenvalue weighted by molar-refractivity contribution is 5.56. The summed E-state index contributed by atoms with van der Waals surface area (Å²) in [6.45, 7) is 17.5. The molecule has 0 saturated heterocycles. The first kappa shape index (κ1) is 19.4. The molecule has 136 valence electrons. The Balaban J connectivity index is 2.84. The molecule has 0 heterocycles. The van der Waals surface area contributed by atoms with Gasteiger partial charge in [-0.25, -0.2) is 0 Å². The van der Waals surface area contributed by atoms with Crippen LogP contribution in [0.1, 0.15) is 77.6 Å². The van der Waals surface area contributed by atoms with Crippen LogP contribution < -0.4 is 0 Å². The highest BCUT2D eigenvalue weighted by Crippen LogP contribution is 2.46. The smallest absolute Gasteiger partial charge is 0.119 e. The third-order valence-electron chi connectivity index (χ3n) is 4.95. The molecule has 0 atom stereocenters. The molecule has 2 heteroatoms. The molecule has 0 radical (unpaired) electrons. The first-order valence-electron chi connectivity index (χ1n) is 8.93. The second kappa shape index (κ2) is 6.09. The minimum absolute atomic E-state index is 0.106. The third-order valence-corrected chi connectivity index (χ3v) is 4.95. The number of rotatable bonds is 2. The Bertz CT molecular complexity index is 754. The lowest BCUT2D eigenvalue weighted by molar-refractivity contribution is 0.430. The fourth-order valence-electron chi connectivity index (χ4n) is 3.68. The Kier molecular flexibility index (Phi) is 4.71. The van der Waals surface area contributed by atoms with Crippen molar-refractivity contribution >= 4 is 0 Å². The van der Waals surface area contributed by atoms with Crippen molar-refractivity contribution < 1.29 is 10.2 Å². The molecule has 0 saturated carbocycles. The molecule has 2 rings (SSSR count). The third kappa shape index (κ3) is 3.68. The molecule has 0 amide bonds. The fourth-order valence-corrected chi connectivity index (χ4v) is 3.68. The van der Waals surface area contributed by atoms with Gasteiger partial charge in [0.25, 0.3) is 0 Å². The largest absolute Gasteiger partial charge is 0.508 e. The van der Waals surface area contributed by atoms with Crippen LogP contribution in [-0.4, -0.2) is 10.2 Å². The minimum Gasteiger partial charge on any atom is -0.508 e. The highest BCUT2D eigenvalue weighted by atomic mass is 16.3. The van der Waals surface area contributed by atoms with Crippen molar-refractivity contribution in [2.45, 2.75) is 71.6 Å². The van der Waals surface area contributed by atoms with Crippen LogP contribution in [-0.2, 0) is 16.2 Å². The maximum Gasteiger partial charge on any atom is 0.119 e. The molecule has 2 N–H and O–H groups in total. The van der Waals surface area contributed by atoms with Crippen LogP contribution in [0.25, 0.3) is 0 Å². The Morgan fingerprint density at radius 3 is 1.52 bits per heavy atom. The summed E-state index contributed by atoms with van der Waals surface area (Å²) in [5.74, 6) is 0.638. The van der Waals surface area contributed by atoms with Crippen LogP contribution in [0.4, 0.5) is 0 Å². The second-order valence-corrected chi connectivity index (χ2v) is 9.55. The van der Waals surface area contributed by atoms with Crippen molar-refractivity contribution in [2.24, 2.45) is 0 Å². The topological polar surface area (TPSA) is 40.5 Å². The number of aromatic hydroxyl groups is 2. The van der Waals surface area contributed by atoms with Crippen molar-refractivity contribution in [2.75, 3.05) is 0 Å². The van der Waals surface area contributed by atoms with Crippen LogP contribution in [0.2, 0.25) is 0 Å². The van der Waals surface area contributed by atoms with Gasteiger partial charge in [-0.15, -0.1) is 0 Å². The monoisotopic (exact) mass is 340 g/mol. The summed E-state index contributed by atoms with van der Waals surface area (Å²) >= 11 is 0. The van der Waals surface area contributed by atoms with Gasteiger partial charge in [-0.2, -0.15) is 0 Å². The lowest BCUT2D eigenvalue weighted by atomic mass is 9.66. The van der Waals surface area contributed by atoms with E-state index in [4.69, 9.17) is 0 Å². The van der Waals surface area contributed by atoms with Crippen LogP contribution in [0, 0.1) is 0 Å². The van der Waals surface area contributed by atoms with Crippen molar-refractivity contribution in [1.29, 1.82) is 0 Å². The van der Waals surface area contributed by atoms with E-state index in [2.05, 4.69) is 61.5 Å². The normalized spacial score (nSPS) is 13.1. The van der Waals surface area contributed by atoms with Gasteiger partial charge in [0.15, 0.2) is 0 Å². The van der Waals surface area contributed by atoms with Crippen molar-refractivity contribution in [3.8, 4) is 11.5 Å². The predicted molar refractivity (Wildman–Crippen MR) is 106 cm³/mol. The Morgan fingerprint density at radius 2 is 1.08 bits per heavy atom. The van der Waals surface area contributed by atoms with Crippen LogP contribution in [0.3, 0.4) is 0 Å². The molecule has 0 aliphatic heterocycles. The summed E-state index contributed by atoms with van der Waals surface area (Å²) in [6, 6.07) is 11.3. The average Bonchev–Trinajstić information content (AvgIpc) is 2.44. The lowest BCUT2D eigenvalue weighted by Gasteiger charge is -2.38. The first-order chi connectivity index (χ1) is 11.3. The molecule has 0 fully saturated rings. The van der Waals surface area contributed by atoms with Gasteiger partial charge in [-0.1, -0.05) is 73.6 Å². The number of phenolic OH excluding ortho intramolecular Hbond substituents is 2. The van der Waals surface area contributed by atoms with Crippen molar-refractivity contribution in [3.05, 3.63) is 58.7 Å². The summed E-state index contributed by atoms with van der Waals surface area (Å²) in [7, 11) is 0. The lowest BCUT2D eigenvalue weighted by Crippen LogP contribution is -2.30. The Morgan fingerprint density at radius 1 is 0.600 bits per heavy atom. The molecule has 0 aromatic heterocycles. The number of hydrogen-bond donors (Lipinski definition) is 2. The number of phenols is 2. The van der Waals surface area contributed by atoms with Gasteiger partial charge in [0.2, 0.25) is 0 Å². The first-order valence-corrected chi connectivity index (χ1v) is 8.93. The SMILES string of the molecule is CC(C)(C)c1c(O)ccc(C(C)(C)c2ccc(O)cc2)c1C(C)(C)C.